The topological polar surface area (TPSA) is 56.2 Å². The van der Waals surface area contributed by atoms with Crippen LogP contribution in [-0.4, -0.2) is 14.6 Å². The first kappa shape index (κ1) is 11.7. The molecule has 0 radical (unpaired) electrons. The molecule has 2 aromatic heterocycles. The van der Waals surface area contributed by atoms with Gasteiger partial charge in [-0.2, -0.15) is 0 Å². The van der Waals surface area contributed by atoms with Gasteiger partial charge in [0, 0.05) is 12.6 Å². The Kier molecular flexibility index (Phi) is 2.91. The largest absolute Gasteiger partial charge is 0.395 e. The van der Waals surface area contributed by atoms with E-state index in [2.05, 4.69) is 34.5 Å². The number of hydrogen-bond acceptors (Lipinski definition) is 3. The molecule has 0 aliphatic rings. The second kappa shape index (κ2) is 4.72. The highest BCUT2D eigenvalue weighted by atomic mass is 15.2. The Morgan fingerprint density at radius 3 is 2.63 bits per heavy atom. The summed E-state index contributed by atoms with van der Waals surface area (Å²) in [5.41, 5.74) is 9.82. The Morgan fingerprint density at radius 1 is 1.05 bits per heavy atom. The summed E-state index contributed by atoms with van der Waals surface area (Å²) in [6.07, 6.45) is 3.80. The molecule has 19 heavy (non-hydrogen) atoms. The number of pyridine rings is 1. The smallest absolute Gasteiger partial charge is 0.184 e. The van der Waals surface area contributed by atoms with Gasteiger partial charge < -0.3 is 5.73 Å². The van der Waals surface area contributed by atoms with Crippen molar-refractivity contribution in [1.82, 2.24) is 14.6 Å². The van der Waals surface area contributed by atoms with Crippen LogP contribution in [0.1, 0.15) is 17.0 Å². The van der Waals surface area contributed by atoms with E-state index >= 15 is 0 Å². The number of aryl methyl sites for hydroxylation is 3. The molecule has 4 heteroatoms. The van der Waals surface area contributed by atoms with Gasteiger partial charge in [-0.3, -0.25) is 4.40 Å². The number of rotatable bonds is 3. The summed E-state index contributed by atoms with van der Waals surface area (Å²) in [5, 5.41) is 8.42. The summed E-state index contributed by atoms with van der Waals surface area (Å²) in [6.45, 7) is 1.98. The average molecular weight is 252 g/mol. The van der Waals surface area contributed by atoms with Crippen molar-refractivity contribution in [2.75, 3.05) is 5.73 Å². The Bertz CT molecular complexity index is 701. The monoisotopic (exact) mass is 252 g/mol. The molecule has 2 heterocycles. The molecule has 0 unspecified atom stereocenters. The summed E-state index contributed by atoms with van der Waals surface area (Å²) >= 11 is 0. The third-order valence-electron chi connectivity index (χ3n) is 3.39. The standard InChI is InChI=1S/C15H16N4/c1-11-9-10-19-13(17-18-15(19)14(11)16)8-7-12-5-3-2-4-6-12/h2-6,9-10H,7-8,16H2,1H3. The molecular weight excluding hydrogens is 236 g/mol. The molecule has 3 aromatic rings. The Hall–Kier alpha value is -2.36. The maximum absolute atomic E-state index is 6.02. The molecule has 0 spiro atoms. The molecule has 0 saturated carbocycles. The lowest BCUT2D eigenvalue weighted by molar-refractivity contribution is 0.839. The number of nitrogen functional groups attached to an aromatic ring is 1. The van der Waals surface area contributed by atoms with E-state index in [0.29, 0.717) is 5.69 Å². The van der Waals surface area contributed by atoms with Crippen molar-refractivity contribution in [2.45, 2.75) is 19.8 Å². The molecule has 0 bridgehead atoms. The van der Waals surface area contributed by atoms with Gasteiger partial charge >= 0.3 is 0 Å². The number of nitrogens with two attached hydrogens (primary N) is 1. The summed E-state index contributed by atoms with van der Waals surface area (Å²) < 4.78 is 1.98. The van der Waals surface area contributed by atoms with Crippen LogP contribution in [0.4, 0.5) is 5.69 Å². The zero-order valence-electron chi connectivity index (χ0n) is 10.9. The van der Waals surface area contributed by atoms with Crippen LogP contribution in [0.15, 0.2) is 42.6 Å². The van der Waals surface area contributed by atoms with E-state index in [1.165, 1.54) is 5.56 Å². The number of fused-ring (bicyclic) bond motifs is 1. The fraction of sp³-hybridized carbons (Fsp3) is 0.200. The Labute approximate surface area is 111 Å². The summed E-state index contributed by atoms with van der Waals surface area (Å²) in [5.74, 6) is 0.950. The first-order valence-electron chi connectivity index (χ1n) is 6.38. The maximum atomic E-state index is 6.02. The normalized spacial score (nSPS) is 11.0. The van der Waals surface area contributed by atoms with Gasteiger partial charge in [0.2, 0.25) is 0 Å². The molecular formula is C15H16N4. The van der Waals surface area contributed by atoms with E-state index in [9.17, 15) is 0 Å². The predicted octanol–water partition coefficient (Wildman–Crippen LogP) is 2.41. The molecule has 0 atom stereocenters. The van der Waals surface area contributed by atoms with Crippen molar-refractivity contribution in [2.24, 2.45) is 0 Å². The van der Waals surface area contributed by atoms with Crippen LogP contribution >= 0.6 is 0 Å². The van der Waals surface area contributed by atoms with E-state index < -0.39 is 0 Å². The minimum absolute atomic E-state index is 0.709. The summed E-state index contributed by atoms with van der Waals surface area (Å²) in [7, 11) is 0. The van der Waals surface area contributed by atoms with Crippen LogP contribution in [0.25, 0.3) is 5.65 Å². The van der Waals surface area contributed by atoms with E-state index in [-0.39, 0.29) is 0 Å². The first-order chi connectivity index (χ1) is 9.25. The van der Waals surface area contributed by atoms with Gasteiger partial charge in [0.1, 0.15) is 5.82 Å². The SMILES string of the molecule is Cc1ccn2c(CCc3ccccc3)nnc2c1N. The number of anilines is 1. The second-order valence-corrected chi connectivity index (χ2v) is 4.71. The highest BCUT2D eigenvalue weighted by molar-refractivity contribution is 5.68. The van der Waals surface area contributed by atoms with Crippen molar-refractivity contribution in [3.63, 3.8) is 0 Å². The van der Waals surface area contributed by atoms with Gasteiger partial charge in [0.15, 0.2) is 5.65 Å². The molecule has 0 fully saturated rings. The molecule has 2 N–H and O–H groups in total. The van der Waals surface area contributed by atoms with Crippen molar-refractivity contribution in [3.8, 4) is 0 Å². The van der Waals surface area contributed by atoms with Crippen LogP contribution in [0.2, 0.25) is 0 Å². The minimum Gasteiger partial charge on any atom is -0.395 e. The molecule has 1 aromatic carbocycles. The van der Waals surface area contributed by atoms with Gasteiger partial charge in [-0.15, -0.1) is 10.2 Å². The lowest BCUT2D eigenvalue weighted by Gasteiger charge is -2.03. The first-order valence-corrected chi connectivity index (χ1v) is 6.38. The minimum atomic E-state index is 0.709. The maximum Gasteiger partial charge on any atom is 0.184 e. The van der Waals surface area contributed by atoms with Gasteiger partial charge in [0.25, 0.3) is 0 Å². The zero-order valence-corrected chi connectivity index (χ0v) is 10.9. The molecule has 0 aliphatic carbocycles. The lowest BCUT2D eigenvalue weighted by Crippen LogP contribution is -2.00. The van der Waals surface area contributed by atoms with Crippen molar-refractivity contribution >= 4 is 11.3 Å². The third kappa shape index (κ3) is 2.17. The van der Waals surface area contributed by atoms with Gasteiger partial charge in [-0.1, -0.05) is 30.3 Å². The highest BCUT2D eigenvalue weighted by Crippen LogP contribution is 2.17. The highest BCUT2D eigenvalue weighted by Gasteiger charge is 2.09. The van der Waals surface area contributed by atoms with E-state index in [1.807, 2.05) is 29.7 Å². The molecule has 0 saturated heterocycles. The fourth-order valence-electron chi connectivity index (χ4n) is 2.19. The number of nitrogens with zero attached hydrogens (tertiary/aromatic N) is 3. The summed E-state index contributed by atoms with van der Waals surface area (Å²) in [6, 6.07) is 12.4. The van der Waals surface area contributed by atoms with Crippen molar-refractivity contribution in [1.29, 1.82) is 0 Å². The lowest BCUT2D eigenvalue weighted by atomic mass is 10.1. The summed E-state index contributed by atoms with van der Waals surface area (Å²) in [4.78, 5) is 0. The Morgan fingerprint density at radius 2 is 1.84 bits per heavy atom. The van der Waals surface area contributed by atoms with Gasteiger partial charge in [-0.05, 0) is 30.5 Å². The van der Waals surface area contributed by atoms with Crippen LogP contribution < -0.4 is 5.73 Å². The third-order valence-corrected chi connectivity index (χ3v) is 3.39. The van der Waals surface area contributed by atoms with Crippen LogP contribution in [0.5, 0.6) is 0 Å². The number of aromatic nitrogens is 3. The number of benzene rings is 1. The molecule has 4 nitrogen and oxygen atoms in total. The fourth-order valence-corrected chi connectivity index (χ4v) is 2.19. The van der Waals surface area contributed by atoms with Crippen LogP contribution in [0, 0.1) is 6.92 Å². The van der Waals surface area contributed by atoms with Crippen molar-refractivity contribution in [3.05, 3.63) is 59.5 Å². The molecule has 0 aliphatic heterocycles. The van der Waals surface area contributed by atoms with Gasteiger partial charge in [0.05, 0.1) is 5.69 Å². The molecule has 3 rings (SSSR count). The predicted molar refractivity (Wildman–Crippen MR) is 76.0 cm³/mol. The van der Waals surface area contributed by atoms with E-state index in [0.717, 1.165) is 29.9 Å². The van der Waals surface area contributed by atoms with Crippen LogP contribution in [-0.2, 0) is 12.8 Å². The van der Waals surface area contributed by atoms with E-state index in [4.69, 9.17) is 5.73 Å². The molecule has 0 amide bonds. The van der Waals surface area contributed by atoms with Crippen LogP contribution in [0.3, 0.4) is 0 Å². The second-order valence-electron chi connectivity index (χ2n) is 4.71. The quantitative estimate of drug-likeness (QED) is 0.778. The van der Waals surface area contributed by atoms with Gasteiger partial charge in [-0.25, -0.2) is 0 Å². The van der Waals surface area contributed by atoms with Crippen molar-refractivity contribution < 1.29 is 0 Å². The average Bonchev–Trinajstić information content (AvgIpc) is 2.86. The number of hydrogen-bond donors (Lipinski definition) is 1. The molecule has 96 valence electrons. The zero-order chi connectivity index (χ0) is 13.2. The Balaban J connectivity index is 1.88. The van der Waals surface area contributed by atoms with E-state index in [1.54, 1.807) is 0 Å².